The fourth-order valence-corrected chi connectivity index (χ4v) is 1.12. The number of hydrogen-bond donors (Lipinski definition) is 1. The lowest BCUT2D eigenvalue weighted by Gasteiger charge is -2.05. The van der Waals surface area contributed by atoms with Gasteiger partial charge in [0, 0.05) is 18.9 Å². The first kappa shape index (κ1) is 11.3. The van der Waals surface area contributed by atoms with E-state index in [-0.39, 0.29) is 6.61 Å². The van der Waals surface area contributed by atoms with Crippen LogP contribution in [0.4, 0.5) is 0 Å². The molecule has 5 nitrogen and oxygen atoms in total. The van der Waals surface area contributed by atoms with Crippen LogP contribution in [0, 0.1) is 0 Å². The molecular formula is C10H14N2O3. The number of carbonyl (C=O) groups excluding carboxylic acids is 2. The normalized spacial score (nSPS) is 9.73. The molecule has 0 aromatic carbocycles. The largest absolute Gasteiger partial charge is 0.459 e. The van der Waals surface area contributed by atoms with Crippen LogP contribution in [-0.4, -0.2) is 23.1 Å². The van der Waals surface area contributed by atoms with Crippen LogP contribution in [0.15, 0.2) is 18.3 Å². The molecule has 1 heterocycles. The predicted molar refractivity (Wildman–Crippen MR) is 53.9 cm³/mol. The number of aryl methyl sites for hydroxylation is 1. The Morgan fingerprint density at radius 1 is 1.53 bits per heavy atom. The summed E-state index contributed by atoms with van der Waals surface area (Å²) in [6.07, 6.45) is 1.87. The summed E-state index contributed by atoms with van der Waals surface area (Å²) in [4.78, 5) is 22.1. The first-order valence-electron chi connectivity index (χ1n) is 4.70. The molecule has 1 rings (SSSR count). The van der Waals surface area contributed by atoms with Gasteiger partial charge in [0.25, 0.3) is 0 Å². The Labute approximate surface area is 88.0 Å². The van der Waals surface area contributed by atoms with Crippen molar-refractivity contribution >= 4 is 11.9 Å². The Morgan fingerprint density at radius 2 is 2.27 bits per heavy atom. The second-order valence-corrected chi connectivity index (χ2v) is 3.01. The van der Waals surface area contributed by atoms with Crippen molar-refractivity contribution in [2.45, 2.75) is 13.5 Å². The second-order valence-electron chi connectivity index (χ2n) is 3.01. The van der Waals surface area contributed by atoms with E-state index in [9.17, 15) is 9.59 Å². The van der Waals surface area contributed by atoms with Gasteiger partial charge in [-0.3, -0.25) is 4.79 Å². The van der Waals surface area contributed by atoms with Crippen LogP contribution < -0.4 is 5.32 Å². The fraction of sp³-hybridized carbons (Fsp3) is 0.400. The van der Waals surface area contributed by atoms with Gasteiger partial charge in [-0.15, -0.1) is 0 Å². The third-order valence-corrected chi connectivity index (χ3v) is 1.94. The van der Waals surface area contributed by atoms with Crippen LogP contribution >= 0.6 is 0 Å². The van der Waals surface area contributed by atoms with Gasteiger partial charge in [0.05, 0.1) is 13.2 Å². The number of aromatic nitrogens is 1. The Morgan fingerprint density at radius 3 is 2.80 bits per heavy atom. The average Bonchev–Trinajstić information content (AvgIpc) is 2.61. The summed E-state index contributed by atoms with van der Waals surface area (Å²) in [7, 11) is 1.87. The Kier molecular flexibility index (Phi) is 3.91. The van der Waals surface area contributed by atoms with Crippen molar-refractivity contribution in [1.29, 1.82) is 0 Å². The summed E-state index contributed by atoms with van der Waals surface area (Å²) in [6.45, 7) is 2.18. The molecule has 0 aliphatic heterocycles. The molecule has 1 N–H and O–H groups in total. The van der Waals surface area contributed by atoms with E-state index in [0.717, 1.165) is 5.69 Å². The van der Waals surface area contributed by atoms with Crippen LogP contribution in [-0.2, 0) is 27.9 Å². The molecular weight excluding hydrogens is 196 g/mol. The molecule has 0 atom stereocenters. The zero-order valence-corrected chi connectivity index (χ0v) is 8.82. The molecule has 82 valence electrons. The van der Waals surface area contributed by atoms with Crippen molar-refractivity contribution in [3.63, 3.8) is 0 Å². The molecule has 1 aromatic rings. The molecule has 15 heavy (non-hydrogen) atoms. The van der Waals surface area contributed by atoms with Crippen LogP contribution in [0.5, 0.6) is 0 Å². The average molecular weight is 210 g/mol. The number of nitrogens with zero attached hydrogens (tertiary/aromatic N) is 1. The zero-order valence-electron chi connectivity index (χ0n) is 8.82. The molecule has 0 aliphatic rings. The van der Waals surface area contributed by atoms with Gasteiger partial charge in [-0.05, 0) is 19.1 Å². The van der Waals surface area contributed by atoms with E-state index in [2.05, 4.69) is 10.1 Å². The van der Waals surface area contributed by atoms with Gasteiger partial charge < -0.3 is 14.6 Å². The molecule has 0 saturated heterocycles. The first-order chi connectivity index (χ1) is 7.15. The van der Waals surface area contributed by atoms with Gasteiger partial charge in [-0.1, -0.05) is 0 Å². The molecule has 0 bridgehead atoms. The highest BCUT2D eigenvalue weighted by Crippen LogP contribution is 1.98. The van der Waals surface area contributed by atoms with Crippen LogP contribution in [0.25, 0.3) is 0 Å². The number of ether oxygens (including phenoxy) is 1. The number of esters is 1. The van der Waals surface area contributed by atoms with Crippen molar-refractivity contribution in [1.82, 2.24) is 9.88 Å². The lowest BCUT2D eigenvalue weighted by molar-refractivity contribution is -0.154. The molecule has 1 amide bonds. The zero-order chi connectivity index (χ0) is 11.3. The number of amides is 1. The third kappa shape index (κ3) is 3.12. The first-order valence-corrected chi connectivity index (χ1v) is 4.70. The lowest BCUT2D eigenvalue weighted by Crippen LogP contribution is -2.32. The minimum Gasteiger partial charge on any atom is -0.459 e. The summed E-state index contributed by atoms with van der Waals surface area (Å²) >= 11 is 0. The molecule has 0 saturated carbocycles. The highest BCUT2D eigenvalue weighted by atomic mass is 16.5. The Balaban J connectivity index is 2.41. The van der Waals surface area contributed by atoms with E-state index in [1.807, 2.05) is 29.9 Å². The van der Waals surface area contributed by atoms with E-state index < -0.39 is 11.9 Å². The SMILES string of the molecule is CCOC(=O)C(=O)NCc1cccn1C. The van der Waals surface area contributed by atoms with Gasteiger partial charge in [0.1, 0.15) is 0 Å². The summed E-state index contributed by atoms with van der Waals surface area (Å²) in [6, 6.07) is 3.73. The highest BCUT2D eigenvalue weighted by molar-refractivity contribution is 6.32. The summed E-state index contributed by atoms with van der Waals surface area (Å²) < 4.78 is 6.41. The van der Waals surface area contributed by atoms with Crippen LogP contribution in [0.1, 0.15) is 12.6 Å². The minimum absolute atomic E-state index is 0.205. The molecule has 0 aliphatic carbocycles. The van der Waals surface area contributed by atoms with Gasteiger partial charge in [0.15, 0.2) is 0 Å². The van der Waals surface area contributed by atoms with Crippen molar-refractivity contribution in [3.05, 3.63) is 24.0 Å². The maximum Gasteiger partial charge on any atom is 0.396 e. The molecule has 0 radical (unpaired) electrons. The van der Waals surface area contributed by atoms with Gasteiger partial charge in [-0.25, -0.2) is 4.79 Å². The van der Waals surface area contributed by atoms with Crippen molar-refractivity contribution in [3.8, 4) is 0 Å². The van der Waals surface area contributed by atoms with Gasteiger partial charge in [0.2, 0.25) is 0 Å². The molecule has 0 unspecified atom stereocenters. The Hall–Kier alpha value is -1.78. The van der Waals surface area contributed by atoms with Crippen molar-refractivity contribution in [2.75, 3.05) is 6.61 Å². The molecule has 0 spiro atoms. The van der Waals surface area contributed by atoms with Crippen molar-refractivity contribution < 1.29 is 14.3 Å². The van der Waals surface area contributed by atoms with E-state index in [4.69, 9.17) is 0 Å². The maximum absolute atomic E-state index is 11.1. The van der Waals surface area contributed by atoms with Crippen LogP contribution in [0.3, 0.4) is 0 Å². The Bertz CT molecular complexity index is 357. The molecule has 1 aromatic heterocycles. The fourth-order valence-electron chi connectivity index (χ4n) is 1.12. The van der Waals surface area contributed by atoms with E-state index in [1.165, 1.54) is 0 Å². The van der Waals surface area contributed by atoms with E-state index >= 15 is 0 Å². The van der Waals surface area contributed by atoms with E-state index in [1.54, 1.807) is 6.92 Å². The van der Waals surface area contributed by atoms with Crippen molar-refractivity contribution in [2.24, 2.45) is 7.05 Å². The summed E-state index contributed by atoms with van der Waals surface area (Å²) in [5.41, 5.74) is 0.924. The topological polar surface area (TPSA) is 60.3 Å². The standard InChI is InChI=1S/C10H14N2O3/c1-3-15-10(14)9(13)11-7-8-5-4-6-12(8)2/h4-6H,3,7H2,1-2H3,(H,11,13). The van der Waals surface area contributed by atoms with E-state index in [0.29, 0.717) is 6.54 Å². The lowest BCUT2D eigenvalue weighted by atomic mass is 10.4. The molecule has 0 fully saturated rings. The maximum atomic E-state index is 11.1. The second kappa shape index (κ2) is 5.19. The predicted octanol–water partition coefficient (Wildman–Crippen LogP) is 0.204. The third-order valence-electron chi connectivity index (χ3n) is 1.94. The van der Waals surface area contributed by atoms with Gasteiger partial charge in [-0.2, -0.15) is 0 Å². The van der Waals surface area contributed by atoms with Crippen LogP contribution in [0.2, 0.25) is 0 Å². The smallest absolute Gasteiger partial charge is 0.396 e. The number of rotatable bonds is 3. The quantitative estimate of drug-likeness (QED) is 0.573. The monoisotopic (exact) mass is 210 g/mol. The highest BCUT2D eigenvalue weighted by Gasteiger charge is 2.13. The number of hydrogen-bond acceptors (Lipinski definition) is 3. The molecule has 5 heteroatoms. The summed E-state index contributed by atoms with van der Waals surface area (Å²) in [5.74, 6) is -1.55. The number of carbonyl (C=O) groups is 2. The minimum atomic E-state index is -0.841. The van der Waals surface area contributed by atoms with Gasteiger partial charge >= 0.3 is 11.9 Å². The number of nitrogens with one attached hydrogen (secondary N) is 1. The summed E-state index contributed by atoms with van der Waals surface area (Å²) in [5, 5.41) is 2.48.